The zero-order valence-electron chi connectivity index (χ0n) is 27.1. The molecule has 50 heavy (non-hydrogen) atoms. The van der Waals surface area contributed by atoms with Gasteiger partial charge in [-0.15, -0.1) is 0 Å². The van der Waals surface area contributed by atoms with Crippen molar-refractivity contribution in [3.8, 4) is 22.6 Å². The fraction of sp³-hybridized carbons (Fsp3) is 0. The molecule has 0 bridgehead atoms. The molecule has 10 rings (SSSR count). The van der Waals surface area contributed by atoms with Crippen LogP contribution in [0.2, 0.25) is 0 Å². The minimum absolute atomic E-state index is 0.637. The van der Waals surface area contributed by atoms with Crippen LogP contribution < -0.4 is 4.90 Å². The summed E-state index contributed by atoms with van der Waals surface area (Å²) >= 11 is 0. The van der Waals surface area contributed by atoms with Gasteiger partial charge in [0.25, 0.3) is 0 Å². The largest absolute Gasteiger partial charge is 0.435 e. The second-order valence-corrected chi connectivity index (χ2v) is 12.7. The number of aromatic nitrogens is 1. The van der Waals surface area contributed by atoms with Crippen LogP contribution in [0.4, 0.5) is 17.1 Å². The van der Waals surface area contributed by atoms with E-state index in [0.717, 1.165) is 49.9 Å². The molecule has 0 radical (unpaired) electrons. The number of benzene rings is 9. The van der Waals surface area contributed by atoms with E-state index in [-0.39, 0.29) is 0 Å². The number of nitrogens with zero attached hydrogens (tertiary/aromatic N) is 2. The van der Waals surface area contributed by atoms with Gasteiger partial charge in [-0.1, -0.05) is 133 Å². The Hall–Kier alpha value is -6.71. The third-order valence-electron chi connectivity index (χ3n) is 9.85. The van der Waals surface area contributed by atoms with Gasteiger partial charge in [-0.05, 0) is 86.6 Å². The van der Waals surface area contributed by atoms with E-state index in [1.54, 1.807) is 0 Å². The molecule has 0 saturated heterocycles. The summed E-state index contributed by atoms with van der Waals surface area (Å²) in [6, 6.07) is 64.5. The van der Waals surface area contributed by atoms with Crippen LogP contribution in [0.25, 0.3) is 76.8 Å². The van der Waals surface area contributed by atoms with E-state index < -0.39 is 0 Å². The average Bonchev–Trinajstić information content (AvgIpc) is 3.65. The summed E-state index contributed by atoms with van der Waals surface area (Å²) in [7, 11) is 0. The van der Waals surface area contributed by atoms with Gasteiger partial charge < -0.3 is 9.32 Å². The first-order chi connectivity index (χ1) is 24.8. The summed E-state index contributed by atoms with van der Waals surface area (Å²) < 4.78 is 6.54. The summed E-state index contributed by atoms with van der Waals surface area (Å²) in [5, 5.41) is 9.27. The Balaban J connectivity index is 1.18. The van der Waals surface area contributed by atoms with Crippen LogP contribution in [-0.4, -0.2) is 4.98 Å². The van der Waals surface area contributed by atoms with Crippen LogP contribution in [0.5, 0.6) is 0 Å². The standard InChI is InChI=1S/C47H30N2O/c1-4-14-31(15-5-1)47-48-45-44-37-28-26-32(30-33(37)27-29-41(44)39-20-10-11-21-42(39)46(45)50-47)36-22-12-24-40-38(36)23-13-25-43(40)49(34-16-6-2-7-17-34)35-18-8-3-9-19-35/h1-30H. The molecule has 3 heteroatoms. The summed E-state index contributed by atoms with van der Waals surface area (Å²) in [6.07, 6.45) is 0. The van der Waals surface area contributed by atoms with Crippen molar-refractivity contribution in [3.05, 3.63) is 182 Å². The Bertz CT molecular complexity index is 2820. The number of hydrogen-bond acceptors (Lipinski definition) is 3. The van der Waals surface area contributed by atoms with E-state index >= 15 is 0 Å². The van der Waals surface area contributed by atoms with E-state index in [1.807, 2.05) is 30.3 Å². The fourth-order valence-corrected chi connectivity index (χ4v) is 7.59. The number of oxazole rings is 1. The molecule has 0 unspecified atom stereocenters. The lowest BCUT2D eigenvalue weighted by atomic mass is 9.92. The number of anilines is 3. The molecule has 0 fully saturated rings. The van der Waals surface area contributed by atoms with Crippen molar-refractivity contribution in [2.24, 2.45) is 0 Å². The molecule has 0 saturated carbocycles. The molecule has 0 atom stereocenters. The Morgan fingerprint density at radius 3 is 1.80 bits per heavy atom. The Labute approximate surface area is 289 Å². The lowest BCUT2D eigenvalue weighted by molar-refractivity contribution is 0.623. The fourth-order valence-electron chi connectivity index (χ4n) is 7.59. The van der Waals surface area contributed by atoms with Crippen molar-refractivity contribution in [3.63, 3.8) is 0 Å². The second kappa shape index (κ2) is 11.5. The molecule has 234 valence electrons. The van der Waals surface area contributed by atoms with Gasteiger partial charge in [-0.3, -0.25) is 0 Å². The van der Waals surface area contributed by atoms with E-state index in [1.165, 1.54) is 38.1 Å². The Morgan fingerprint density at radius 1 is 0.420 bits per heavy atom. The average molecular weight is 639 g/mol. The molecular formula is C47H30N2O. The molecule has 0 spiro atoms. The van der Waals surface area contributed by atoms with Crippen molar-refractivity contribution >= 4 is 71.3 Å². The summed E-state index contributed by atoms with van der Waals surface area (Å²) in [4.78, 5) is 7.48. The van der Waals surface area contributed by atoms with Gasteiger partial charge in [0.1, 0.15) is 5.52 Å². The van der Waals surface area contributed by atoms with E-state index in [4.69, 9.17) is 9.40 Å². The van der Waals surface area contributed by atoms with Crippen molar-refractivity contribution in [1.29, 1.82) is 0 Å². The highest BCUT2D eigenvalue weighted by molar-refractivity contribution is 6.29. The first kappa shape index (κ1) is 28.3. The molecule has 1 aromatic heterocycles. The minimum atomic E-state index is 0.637. The van der Waals surface area contributed by atoms with Crippen LogP contribution >= 0.6 is 0 Å². The van der Waals surface area contributed by atoms with Crippen LogP contribution in [0.1, 0.15) is 0 Å². The van der Waals surface area contributed by atoms with Gasteiger partial charge >= 0.3 is 0 Å². The lowest BCUT2D eigenvalue weighted by Gasteiger charge is -2.27. The molecule has 0 aliphatic heterocycles. The summed E-state index contributed by atoms with van der Waals surface area (Å²) in [5.41, 5.74) is 8.45. The first-order valence-electron chi connectivity index (χ1n) is 17.0. The highest BCUT2D eigenvalue weighted by Gasteiger charge is 2.19. The maximum atomic E-state index is 6.54. The second-order valence-electron chi connectivity index (χ2n) is 12.7. The van der Waals surface area contributed by atoms with Crippen molar-refractivity contribution in [2.75, 3.05) is 4.90 Å². The Kier molecular flexibility index (Phi) is 6.49. The quantitative estimate of drug-likeness (QED) is 0.176. The van der Waals surface area contributed by atoms with Gasteiger partial charge in [0.2, 0.25) is 5.89 Å². The highest BCUT2D eigenvalue weighted by Crippen LogP contribution is 2.44. The highest BCUT2D eigenvalue weighted by atomic mass is 16.3. The van der Waals surface area contributed by atoms with Crippen LogP contribution in [0, 0.1) is 0 Å². The molecule has 0 aliphatic rings. The van der Waals surface area contributed by atoms with Crippen molar-refractivity contribution < 1.29 is 4.42 Å². The van der Waals surface area contributed by atoms with Crippen molar-refractivity contribution in [1.82, 2.24) is 4.98 Å². The van der Waals surface area contributed by atoms with Gasteiger partial charge in [-0.25, -0.2) is 4.98 Å². The molecule has 3 nitrogen and oxygen atoms in total. The molecule has 0 N–H and O–H groups in total. The number of para-hydroxylation sites is 2. The third-order valence-corrected chi connectivity index (χ3v) is 9.85. The van der Waals surface area contributed by atoms with Gasteiger partial charge in [0, 0.05) is 33.1 Å². The molecule has 9 aromatic carbocycles. The smallest absolute Gasteiger partial charge is 0.227 e. The van der Waals surface area contributed by atoms with E-state index in [0.29, 0.717) is 5.89 Å². The van der Waals surface area contributed by atoms with E-state index in [2.05, 4.69) is 157 Å². The van der Waals surface area contributed by atoms with Crippen molar-refractivity contribution in [2.45, 2.75) is 0 Å². The zero-order chi connectivity index (χ0) is 33.0. The number of fused-ring (bicyclic) bond motifs is 9. The normalized spacial score (nSPS) is 11.6. The van der Waals surface area contributed by atoms with Crippen LogP contribution in [-0.2, 0) is 0 Å². The monoisotopic (exact) mass is 638 g/mol. The maximum Gasteiger partial charge on any atom is 0.227 e. The molecule has 10 aromatic rings. The lowest BCUT2D eigenvalue weighted by Crippen LogP contribution is -2.10. The maximum absolute atomic E-state index is 6.54. The topological polar surface area (TPSA) is 29.3 Å². The van der Waals surface area contributed by atoms with Crippen LogP contribution in [0.15, 0.2) is 186 Å². The summed E-state index contributed by atoms with van der Waals surface area (Å²) in [6.45, 7) is 0. The third kappa shape index (κ3) is 4.48. The Morgan fingerprint density at radius 2 is 1.04 bits per heavy atom. The molecule has 0 aliphatic carbocycles. The van der Waals surface area contributed by atoms with Gasteiger partial charge in [0.05, 0.1) is 5.69 Å². The first-order valence-corrected chi connectivity index (χ1v) is 17.0. The number of rotatable bonds is 5. The zero-order valence-corrected chi connectivity index (χ0v) is 27.1. The molecule has 1 heterocycles. The predicted molar refractivity (Wildman–Crippen MR) is 210 cm³/mol. The van der Waals surface area contributed by atoms with Gasteiger partial charge in [-0.2, -0.15) is 0 Å². The summed E-state index contributed by atoms with van der Waals surface area (Å²) in [5.74, 6) is 0.637. The minimum Gasteiger partial charge on any atom is -0.435 e. The van der Waals surface area contributed by atoms with E-state index in [9.17, 15) is 0 Å². The van der Waals surface area contributed by atoms with Crippen LogP contribution in [0.3, 0.4) is 0 Å². The number of hydrogen-bond donors (Lipinski definition) is 0. The molecular weight excluding hydrogens is 609 g/mol. The van der Waals surface area contributed by atoms with Gasteiger partial charge in [0.15, 0.2) is 5.58 Å². The predicted octanol–water partition coefficient (Wildman–Crippen LogP) is 13.2. The SMILES string of the molecule is c1ccc(-c2nc3c(o2)c2ccccc2c2ccc4cc(-c5cccc6c(N(c7ccccc7)c7ccccc7)cccc56)ccc4c23)cc1. The molecule has 0 amide bonds.